The molecule has 2 rings (SSSR count). The quantitative estimate of drug-likeness (QED) is 0.901. The molecule has 90 valence electrons. The standard InChI is InChI=1S/C12H15N3OS/c1-4-13-11-7-10(5-6-14-11)17-12-15-8(2)9(3)16-12/h5-7H,4H2,1-3H3,(H,13,14). The van der Waals surface area contributed by atoms with Crippen molar-refractivity contribution in [3.8, 4) is 0 Å². The fraction of sp³-hybridized carbons (Fsp3) is 0.333. The van der Waals surface area contributed by atoms with Crippen molar-refractivity contribution in [2.45, 2.75) is 30.9 Å². The van der Waals surface area contributed by atoms with Gasteiger partial charge in [0.25, 0.3) is 5.22 Å². The highest BCUT2D eigenvalue weighted by atomic mass is 32.2. The monoisotopic (exact) mass is 249 g/mol. The van der Waals surface area contributed by atoms with E-state index in [-0.39, 0.29) is 0 Å². The van der Waals surface area contributed by atoms with E-state index in [4.69, 9.17) is 4.42 Å². The number of anilines is 1. The third-order valence-corrected chi connectivity index (χ3v) is 3.14. The van der Waals surface area contributed by atoms with Crippen LogP contribution in [0.2, 0.25) is 0 Å². The fourth-order valence-corrected chi connectivity index (χ4v) is 2.19. The summed E-state index contributed by atoms with van der Waals surface area (Å²) in [6.07, 6.45) is 1.78. The zero-order chi connectivity index (χ0) is 12.3. The Balaban J connectivity index is 2.15. The molecule has 0 fully saturated rings. The number of nitrogens with zero attached hydrogens (tertiary/aromatic N) is 2. The molecule has 0 aliphatic heterocycles. The topological polar surface area (TPSA) is 51.0 Å². The maximum atomic E-state index is 5.53. The molecular formula is C12H15N3OS. The minimum absolute atomic E-state index is 0.675. The molecule has 2 aromatic heterocycles. The van der Waals surface area contributed by atoms with Crippen LogP contribution in [0.25, 0.3) is 0 Å². The third-order valence-electron chi connectivity index (χ3n) is 2.30. The van der Waals surface area contributed by atoms with Gasteiger partial charge in [-0.15, -0.1) is 0 Å². The summed E-state index contributed by atoms with van der Waals surface area (Å²) in [6, 6.07) is 3.93. The average molecular weight is 249 g/mol. The summed E-state index contributed by atoms with van der Waals surface area (Å²) in [5, 5.41) is 3.85. The van der Waals surface area contributed by atoms with E-state index in [2.05, 4.69) is 15.3 Å². The molecule has 0 radical (unpaired) electrons. The molecule has 2 heterocycles. The van der Waals surface area contributed by atoms with Gasteiger partial charge in [-0.05, 0) is 44.7 Å². The molecule has 4 nitrogen and oxygen atoms in total. The number of oxazole rings is 1. The Hall–Kier alpha value is -1.49. The maximum Gasteiger partial charge on any atom is 0.260 e. The SMILES string of the molecule is CCNc1cc(Sc2nc(C)c(C)o2)ccn1. The van der Waals surface area contributed by atoms with E-state index in [0.29, 0.717) is 5.22 Å². The lowest BCUT2D eigenvalue weighted by Gasteiger charge is -2.03. The minimum atomic E-state index is 0.675. The van der Waals surface area contributed by atoms with Crippen molar-refractivity contribution in [2.75, 3.05) is 11.9 Å². The van der Waals surface area contributed by atoms with Gasteiger partial charge in [-0.2, -0.15) is 0 Å². The van der Waals surface area contributed by atoms with Gasteiger partial charge in [0, 0.05) is 17.6 Å². The predicted molar refractivity (Wildman–Crippen MR) is 68.5 cm³/mol. The van der Waals surface area contributed by atoms with Crippen molar-refractivity contribution in [1.82, 2.24) is 9.97 Å². The van der Waals surface area contributed by atoms with Crippen molar-refractivity contribution in [3.63, 3.8) is 0 Å². The number of pyridine rings is 1. The summed E-state index contributed by atoms with van der Waals surface area (Å²) >= 11 is 1.50. The minimum Gasteiger partial charge on any atom is -0.436 e. The summed E-state index contributed by atoms with van der Waals surface area (Å²) in [5.74, 6) is 1.74. The van der Waals surface area contributed by atoms with E-state index in [9.17, 15) is 0 Å². The molecule has 5 heteroatoms. The van der Waals surface area contributed by atoms with E-state index < -0.39 is 0 Å². The maximum absolute atomic E-state index is 5.53. The number of aromatic nitrogens is 2. The number of hydrogen-bond acceptors (Lipinski definition) is 5. The molecular weight excluding hydrogens is 234 g/mol. The summed E-state index contributed by atoms with van der Waals surface area (Å²) < 4.78 is 5.53. The van der Waals surface area contributed by atoms with Crippen LogP contribution < -0.4 is 5.32 Å². The van der Waals surface area contributed by atoms with Crippen molar-refractivity contribution in [1.29, 1.82) is 0 Å². The van der Waals surface area contributed by atoms with E-state index >= 15 is 0 Å². The molecule has 0 bridgehead atoms. The Labute approximate surface area is 105 Å². The molecule has 0 atom stereocenters. The Bertz CT molecular complexity index is 491. The molecule has 0 spiro atoms. The first-order chi connectivity index (χ1) is 8.19. The molecule has 17 heavy (non-hydrogen) atoms. The molecule has 0 unspecified atom stereocenters. The van der Waals surface area contributed by atoms with Gasteiger partial charge in [0.05, 0.1) is 5.69 Å². The van der Waals surface area contributed by atoms with Crippen LogP contribution in [0.5, 0.6) is 0 Å². The number of hydrogen-bond donors (Lipinski definition) is 1. The second-order valence-electron chi connectivity index (χ2n) is 3.63. The first-order valence-electron chi connectivity index (χ1n) is 5.51. The second kappa shape index (κ2) is 5.23. The van der Waals surface area contributed by atoms with Gasteiger partial charge < -0.3 is 9.73 Å². The molecule has 0 saturated heterocycles. The smallest absolute Gasteiger partial charge is 0.260 e. The summed E-state index contributed by atoms with van der Waals surface area (Å²) in [6.45, 7) is 6.77. The van der Waals surface area contributed by atoms with E-state index in [1.54, 1.807) is 6.20 Å². The van der Waals surface area contributed by atoms with Gasteiger partial charge in [0.1, 0.15) is 11.6 Å². The highest BCUT2D eigenvalue weighted by Gasteiger charge is 2.07. The largest absolute Gasteiger partial charge is 0.436 e. The van der Waals surface area contributed by atoms with Crippen molar-refractivity contribution >= 4 is 17.6 Å². The highest BCUT2D eigenvalue weighted by Crippen LogP contribution is 2.29. The average Bonchev–Trinajstić information content (AvgIpc) is 2.59. The summed E-state index contributed by atoms with van der Waals surface area (Å²) in [5.41, 5.74) is 0.938. The van der Waals surface area contributed by atoms with E-state index in [1.807, 2.05) is 32.9 Å². The first-order valence-corrected chi connectivity index (χ1v) is 6.32. The Morgan fingerprint density at radius 1 is 1.41 bits per heavy atom. The number of aryl methyl sites for hydroxylation is 2. The highest BCUT2D eigenvalue weighted by molar-refractivity contribution is 7.99. The first kappa shape index (κ1) is 12.0. The second-order valence-corrected chi connectivity index (χ2v) is 4.66. The molecule has 0 aliphatic carbocycles. The Kier molecular flexibility index (Phi) is 3.68. The van der Waals surface area contributed by atoms with Crippen LogP contribution in [0.4, 0.5) is 5.82 Å². The van der Waals surface area contributed by atoms with Gasteiger partial charge in [-0.25, -0.2) is 9.97 Å². The van der Waals surface area contributed by atoms with Gasteiger partial charge in [0.15, 0.2) is 0 Å². The molecule has 0 aliphatic rings. The molecule has 0 aromatic carbocycles. The molecule has 0 saturated carbocycles. The van der Waals surface area contributed by atoms with Crippen LogP contribution >= 0.6 is 11.8 Å². The summed E-state index contributed by atoms with van der Waals surface area (Å²) in [4.78, 5) is 9.62. The van der Waals surface area contributed by atoms with Gasteiger partial charge in [0.2, 0.25) is 0 Å². The van der Waals surface area contributed by atoms with Gasteiger partial charge in [-0.3, -0.25) is 0 Å². The lowest BCUT2D eigenvalue weighted by atomic mass is 10.4. The van der Waals surface area contributed by atoms with Crippen LogP contribution in [0.1, 0.15) is 18.4 Å². The van der Waals surface area contributed by atoms with Crippen molar-refractivity contribution in [3.05, 3.63) is 29.8 Å². The lowest BCUT2D eigenvalue weighted by molar-refractivity contribution is 0.431. The molecule has 1 N–H and O–H groups in total. The van der Waals surface area contributed by atoms with Crippen LogP contribution in [-0.2, 0) is 0 Å². The van der Waals surface area contributed by atoms with Crippen LogP contribution in [0.3, 0.4) is 0 Å². The van der Waals surface area contributed by atoms with E-state index in [0.717, 1.165) is 28.7 Å². The Morgan fingerprint density at radius 3 is 2.88 bits per heavy atom. The van der Waals surface area contributed by atoms with Crippen LogP contribution in [0.15, 0.2) is 32.9 Å². The Morgan fingerprint density at radius 2 is 2.24 bits per heavy atom. The van der Waals surface area contributed by atoms with Crippen molar-refractivity contribution < 1.29 is 4.42 Å². The fourth-order valence-electron chi connectivity index (χ4n) is 1.34. The van der Waals surface area contributed by atoms with Gasteiger partial charge in [-0.1, -0.05) is 0 Å². The third kappa shape index (κ3) is 3.00. The zero-order valence-electron chi connectivity index (χ0n) is 10.2. The normalized spacial score (nSPS) is 10.5. The number of nitrogens with one attached hydrogen (secondary N) is 1. The van der Waals surface area contributed by atoms with Crippen LogP contribution in [-0.4, -0.2) is 16.5 Å². The predicted octanol–water partition coefficient (Wildman–Crippen LogP) is 3.27. The molecule has 0 amide bonds. The lowest BCUT2D eigenvalue weighted by Crippen LogP contribution is -1.98. The number of rotatable bonds is 4. The van der Waals surface area contributed by atoms with Crippen LogP contribution in [0, 0.1) is 13.8 Å². The van der Waals surface area contributed by atoms with Crippen molar-refractivity contribution in [2.24, 2.45) is 0 Å². The van der Waals surface area contributed by atoms with E-state index in [1.165, 1.54) is 11.8 Å². The summed E-state index contributed by atoms with van der Waals surface area (Å²) in [7, 11) is 0. The zero-order valence-corrected chi connectivity index (χ0v) is 11.0. The molecule has 2 aromatic rings. The van der Waals surface area contributed by atoms with Gasteiger partial charge >= 0.3 is 0 Å².